The van der Waals surface area contributed by atoms with Gasteiger partial charge in [-0.15, -0.1) is 0 Å². The van der Waals surface area contributed by atoms with Crippen molar-refractivity contribution in [1.82, 2.24) is 4.98 Å². The number of fused-ring (bicyclic) bond motifs is 1. The molecule has 0 saturated heterocycles. The molecule has 0 saturated carbocycles. The number of hydrogen-bond acceptors (Lipinski definition) is 2. The van der Waals surface area contributed by atoms with Gasteiger partial charge < -0.3 is 16.5 Å². The van der Waals surface area contributed by atoms with Crippen LogP contribution >= 0.6 is 0 Å². The number of benzene rings is 1. The molecule has 0 aliphatic rings. The number of rotatable bonds is 1. The zero-order valence-corrected chi connectivity index (χ0v) is 6.87. The van der Waals surface area contributed by atoms with Crippen molar-refractivity contribution in [2.45, 2.75) is 0 Å². The Kier molecular flexibility index (Phi) is 1.48. The first-order valence-corrected chi connectivity index (χ1v) is 3.86. The van der Waals surface area contributed by atoms with Crippen molar-refractivity contribution in [1.29, 1.82) is 0 Å². The number of nitrogens with one attached hydrogen (secondary N) is 1. The molecule has 0 bridgehead atoms. The Morgan fingerprint density at radius 3 is 2.69 bits per heavy atom. The minimum Gasteiger partial charge on any atom is -0.385 e. The summed E-state index contributed by atoms with van der Waals surface area (Å²) in [5, 5.41) is 0.771. The maximum absolute atomic E-state index is 11.0. The number of carbonyl (C=O) groups excluding carboxylic acids is 1. The highest BCUT2D eigenvalue weighted by molar-refractivity contribution is 6.10. The minimum atomic E-state index is -0.505. The number of aromatic nitrogens is 1. The Balaban J connectivity index is 2.86. The van der Waals surface area contributed by atoms with Crippen LogP contribution in [0.4, 0.5) is 5.82 Å². The molecule has 0 aliphatic carbocycles. The Morgan fingerprint density at radius 1 is 1.31 bits per heavy atom. The minimum absolute atomic E-state index is 0.328. The van der Waals surface area contributed by atoms with E-state index in [1.54, 1.807) is 0 Å². The lowest BCUT2D eigenvalue weighted by Crippen LogP contribution is -2.12. The van der Waals surface area contributed by atoms with E-state index < -0.39 is 5.91 Å². The van der Waals surface area contributed by atoms with Crippen molar-refractivity contribution in [2.75, 3.05) is 5.73 Å². The predicted molar refractivity (Wildman–Crippen MR) is 51.2 cm³/mol. The summed E-state index contributed by atoms with van der Waals surface area (Å²) in [7, 11) is 0. The molecule has 4 heteroatoms. The van der Waals surface area contributed by atoms with Crippen molar-refractivity contribution in [3.63, 3.8) is 0 Å². The zero-order chi connectivity index (χ0) is 9.42. The summed E-state index contributed by atoms with van der Waals surface area (Å²) < 4.78 is 0. The number of aromatic amines is 1. The lowest BCUT2D eigenvalue weighted by atomic mass is 10.1. The van der Waals surface area contributed by atoms with Crippen molar-refractivity contribution in [3.05, 3.63) is 29.8 Å². The van der Waals surface area contributed by atoms with Gasteiger partial charge in [-0.3, -0.25) is 4.79 Å². The van der Waals surface area contributed by atoms with Crippen molar-refractivity contribution >= 4 is 22.6 Å². The van der Waals surface area contributed by atoms with E-state index in [0.29, 0.717) is 11.4 Å². The first kappa shape index (κ1) is 7.67. The van der Waals surface area contributed by atoms with Crippen molar-refractivity contribution < 1.29 is 4.79 Å². The number of anilines is 1. The normalized spacial score (nSPS) is 10.5. The smallest absolute Gasteiger partial charge is 0.253 e. The van der Waals surface area contributed by atoms with Gasteiger partial charge in [-0.1, -0.05) is 18.2 Å². The van der Waals surface area contributed by atoms with E-state index in [1.807, 2.05) is 24.3 Å². The molecule has 2 aromatic rings. The molecule has 0 spiro atoms. The second-order valence-electron chi connectivity index (χ2n) is 2.82. The van der Waals surface area contributed by atoms with Crippen LogP contribution in [-0.4, -0.2) is 10.9 Å². The van der Waals surface area contributed by atoms with E-state index in [-0.39, 0.29) is 0 Å². The summed E-state index contributed by atoms with van der Waals surface area (Å²) in [6, 6.07) is 7.35. The molecule has 0 unspecified atom stereocenters. The molecule has 1 heterocycles. The number of para-hydroxylation sites is 1. The fourth-order valence-corrected chi connectivity index (χ4v) is 1.43. The Bertz CT molecular complexity index is 473. The molecule has 5 N–H and O–H groups in total. The maximum atomic E-state index is 11.0. The molecule has 1 aromatic heterocycles. The largest absolute Gasteiger partial charge is 0.385 e. The molecule has 2 rings (SSSR count). The van der Waals surface area contributed by atoms with Crippen LogP contribution in [0.5, 0.6) is 0 Å². The van der Waals surface area contributed by atoms with Crippen LogP contribution in [0.2, 0.25) is 0 Å². The highest BCUT2D eigenvalue weighted by Gasteiger charge is 2.12. The monoisotopic (exact) mass is 175 g/mol. The third-order valence-corrected chi connectivity index (χ3v) is 1.98. The number of amides is 1. The predicted octanol–water partition coefficient (Wildman–Crippen LogP) is 0.849. The number of primary amides is 1. The van der Waals surface area contributed by atoms with E-state index in [9.17, 15) is 4.79 Å². The van der Waals surface area contributed by atoms with Gasteiger partial charge in [0.25, 0.3) is 5.91 Å². The van der Waals surface area contributed by atoms with Crippen LogP contribution in [0.1, 0.15) is 10.4 Å². The van der Waals surface area contributed by atoms with Gasteiger partial charge in [0.15, 0.2) is 0 Å². The second-order valence-corrected chi connectivity index (χ2v) is 2.82. The third kappa shape index (κ3) is 1.03. The van der Waals surface area contributed by atoms with Gasteiger partial charge in [0.05, 0.1) is 5.56 Å². The van der Waals surface area contributed by atoms with E-state index in [4.69, 9.17) is 11.5 Å². The molecule has 13 heavy (non-hydrogen) atoms. The van der Waals surface area contributed by atoms with E-state index >= 15 is 0 Å². The van der Waals surface area contributed by atoms with Crippen LogP contribution in [0.3, 0.4) is 0 Å². The lowest BCUT2D eigenvalue weighted by Gasteiger charge is -1.92. The first-order valence-electron chi connectivity index (χ1n) is 3.86. The molecule has 66 valence electrons. The molecule has 4 nitrogen and oxygen atoms in total. The van der Waals surface area contributed by atoms with Crippen LogP contribution in [0.25, 0.3) is 10.9 Å². The van der Waals surface area contributed by atoms with Crippen LogP contribution in [0.15, 0.2) is 24.3 Å². The summed E-state index contributed by atoms with van der Waals surface area (Å²) in [5.74, 6) is -0.177. The molecule has 0 fully saturated rings. The van der Waals surface area contributed by atoms with Gasteiger partial charge in [0.2, 0.25) is 0 Å². The van der Waals surface area contributed by atoms with Gasteiger partial charge >= 0.3 is 0 Å². The number of hydrogen-bond donors (Lipinski definition) is 3. The van der Waals surface area contributed by atoms with E-state index in [2.05, 4.69) is 4.98 Å². The number of carbonyl (C=O) groups is 1. The zero-order valence-electron chi connectivity index (χ0n) is 6.87. The summed E-state index contributed by atoms with van der Waals surface area (Å²) in [5.41, 5.74) is 12.0. The Hall–Kier alpha value is -1.97. The fourth-order valence-electron chi connectivity index (χ4n) is 1.43. The van der Waals surface area contributed by atoms with Crippen LogP contribution in [-0.2, 0) is 0 Å². The van der Waals surface area contributed by atoms with Crippen molar-refractivity contribution in [2.24, 2.45) is 5.73 Å². The highest BCUT2D eigenvalue weighted by atomic mass is 16.1. The summed E-state index contributed by atoms with van der Waals surface area (Å²) in [6.45, 7) is 0. The van der Waals surface area contributed by atoms with Crippen LogP contribution in [0, 0.1) is 0 Å². The molecule has 1 amide bonds. The SMILES string of the molecule is NC(=O)c1c(N)[nH]c2ccccc12. The summed E-state index contributed by atoms with van der Waals surface area (Å²) in [6.07, 6.45) is 0. The number of nitrogens with two attached hydrogens (primary N) is 2. The Morgan fingerprint density at radius 2 is 2.00 bits per heavy atom. The number of H-pyrrole nitrogens is 1. The van der Waals surface area contributed by atoms with Gasteiger partial charge in [0, 0.05) is 10.9 Å². The van der Waals surface area contributed by atoms with Gasteiger partial charge in [-0.2, -0.15) is 0 Å². The molecule has 0 radical (unpaired) electrons. The third-order valence-electron chi connectivity index (χ3n) is 1.98. The second kappa shape index (κ2) is 2.52. The average molecular weight is 175 g/mol. The van der Waals surface area contributed by atoms with E-state index in [1.165, 1.54) is 0 Å². The van der Waals surface area contributed by atoms with E-state index in [0.717, 1.165) is 10.9 Å². The quantitative estimate of drug-likeness (QED) is 0.600. The summed E-state index contributed by atoms with van der Waals surface area (Å²) >= 11 is 0. The topological polar surface area (TPSA) is 84.9 Å². The highest BCUT2D eigenvalue weighted by Crippen LogP contribution is 2.22. The average Bonchev–Trinajstić information content (AvgIpc) is 2.39. The lowest BCUT2D eigenvalue weighted by molar-refractivity contribution is 0.100. The van der Waals surface area contributed by atoms with Gasteiger partial charge in [-0.05, 0) is 6.07 Å². The molecule has 0 atom stereocenters. The number of nitrogen functional groups attached to an aromatic ring is 1. The van der Waals surface area contributed by atoms with Crippen molar-refractivity contribution in [3.8, 4) is 0 Å². The first-order chi connectivity index (χ1) is 6.20. The molecular formula is C9H9N3O. The maximum Gasteiger partial charge on any atom is 0.253 e. The molecule has 0 aliphatic heterocycles. The van der Waals surface area contributed by atoms with Gasteiger partial charge in [-0.25, -0.2) is 0 Å². The molecule has 1 aromatic carbocycles. The summed E-state index contributed by atoms with van der Waals surface area (Å²) in [4.78, 5) is 13.9. The molecular weight excluding hydrogens is 166 g/mol. The van der Waals surface area contributed by atoms with Gasteiger partial charge in [0.1, 0.15) is 5.82 Å². The standard InChI is InChI=1S/C9H9N3O/c10-8-7(9(11)13)5-3-1-2-4-6(5)12-8/h1-4,12H,10H2,(H2,11,13). The van der Waals surface area contributed by atoms with Crippen LogP contribution < -0.4 is 11.5 Å². The fraction of sp³-hybridized carbons (Fsp3) is 0. The Labute approximate surface area is 74.5 Å².